The quantitative estimate of drug-likeness (QED) is 0.544. The molecule has 4 rings (SSSR count). The van der Waals surface area contributed by atoms with E-state index in [2.05, 4.69) is 5.32 Å². The molecule has 0 spiro atoms. The number of benzene rings is 2. The molecule has 0 bridgehead atoms. The third kappa shape index (κ3) is 5.58. The van der Waals surface area contributed by atoms with Gasteiger partial charge in [0.1, 0.15) is 24.6 Å². The van der Waals surface area contributed by atoms with Crippen LogP contribution in [0, 0.1) is 5.82 Å². The molecule has 2 N–H and O–H groups in total. The standard InChI is InChI=1S/C24H25ClFN5O5/c25-29-15-21(32)30-19(10-11-22(33)34)23(35)28(13-17-6-8-18(26)9-7-17)14-20(30)31(29)24(36)27-12-16-4-2-1-3-5-16/h1-9,19-20H,10-15H2,(H,27,36)(H,33,34)/t19-,20-/m0/s1. The van der Waals surface area contributed by atoms with Gasteiger partial charge in [0.25, 0.3) is 0 Å². The van der Waals surface area contributed by atoms with E-state index in [-0.39, 0.29) is 39.0 Å². The van der Waals surface area contributed by atoms with Gasteiger partial charge in [0.15, 0.2) is 0 Å². The number of hydrazine groups is 1. The van der Waals surface area contributed by atoms with Gasteiger partial charge in [-0.15, -0.1) is 4.53 Å². The van der Waals surface area contributed by atoms with Crippen molar-refractivity contribution in [3.63, 3.8) is 0 Å². The maximum absolute atomic E-state index is 13.4. The Balaban J connectivity index is 1.61. The highest BCUT2D eigenvalue weighted by Gasteiger charge is 2.51. The first kappa shape index (κ1) is 25.4. The van der Waals surface area contributed by atoms with Crippen molar-refractivity contribution in [3.8, 4) is 0 Å². The van der Waals surface area contributed by atoms with Gasteiger partial charge in [-0.05, 0) is 29.7 Å². The summed E-state index contributed by atoms with van der Waals surface area (Å²) < 4.78 is 14.3. The van der Waals surface area contributed by atoms with Gasteiger partial charge in [-0.2, -0.15) is 0 Å². The minimum Gasteiger partial charge on any atom is -0.481 e. The van der Waals surface area contributed by atoms with Gasteiger partial charge in [-0.25, -0.2) is 14.2 Å². The van der Waals surface area contributed by atoms with E-state index in [1.807, 2.05) is 30.3 Å². The summed E-state index contributed by atoms with van der Waals surface area (Å²) in [5.74, 6) is -2.48. The van der Waals surface area contributed by atoms with Crippen LogP contribution in [-0.2, 0) is 27.5 Å². The van der Waals surface area contributed by atoms with Crippen LogP contribution >= 0.6 is 11.8 Å². The first-order valence-electron chi connectivity index (χ1n) is 11.3. The van der Waals surface area contributed by atoms with Crippen LogP contribution in [-0.4, -0.2) is 73.6 Å². The molecule has 12 heteroatoms. The number of piperazine rings is 1. The van der Waals surface area contributed by atoms with Crippen LogP contribution in [0.1, 0.15) is 24.0 Å². The Hall–Kier alpha value is -3.70. The lowest BCUT2D eigenvalue weighted by Crippen LogP contribution is -2.75. The number of amides is 4. The maximum Gasteiger partial charge on any atom is 0.335 e. The van der Waals surface area contributed by atoms with Crippen LogP contribution in [0.2, 0.25) is 0 Å². The van der Waals surface area contributed by atoms with Crippen LogP contribution in [0.15, 0.2) is 54.6 Å². The fraction of sp³-hybridized carbons (Fsp3) is 0.333. The summed E-state index contributed by atoms with van der Waals surface area (Å²) in [5.41, 5.74) is 1.49. The first-order chi connectivity index (χ1) is 17.2. The Kier molecular flexibility index (Phi) is 7.70. The van der Waals surface area contributed by atoms with E-state index in [1.165, 1.54) is 39.1 Å². The van der Waals surface area contributed by atoms with Crippen molar-refractivity contribution in [3.05, 3.63) is 71.5 Å². The maximum atomic E-state index is 13.4. The smallest absolute Gasteiger partial charge is 0.335 e. The van der Waals surface area contributed by atoms with Crippen molar-refractivity contribution in [2.45, 2.75) is 38.1 Å². The summed E-state index contributed by atoms with van der Waals surface area (Å²) in [4.78, 5) is 53.5. The van der Waals surface area contributed by atoms with E-state index in [9.17, 15) is 28.7 Å². The number of carbonyl (C=O) groups is 4. The molecular formula is C24H25ClFN5O5. The largest absolute Gasteiger partial charge is 0.481 e. The fourth-order valence-corrected chi connectivity index (χ4v) is 4.70. The van der Waals surface area contributed by atoms with E-state index in [1.54, 1.807) is 0 Å². The monoisotopic (exact) mass is 517 g/mol. The summed E-state index contributed by atoms with van der Waals surface area (Å²) in [5, 5.41) is 13.2. The molecule has 2 aliphatic rings. The lowest BCUT2D eigenvalue weighted by atomic mass is 10.0. The Bertz CT molecular complexity index is 1140. The Morgan fingerprint density at radius 1 is 1.06 bits per heavy atom. The number of carboxylic acid groups (broad SMARTS) is 1. The lowest BCUT2D eigenvalue weighted by Gasteiger charge is -2.53. The van der Waals surface area contributed by atoms with Gasteiger partial charge in [0.2, 0.25) is 11.8 Å². The van der Waals surface area contributed by atoms with Gasteiger partial charge in [-0.1, -0.05) is 42.5 Å². The minimum atomic E-state index is -1.11. The van der Waals surface area contributed by atoms with Crippen LogP contribution in [0.25, 0.3) is 0 Å². The van der Waals surface area contributed by atoms with Gasteiger partial charge in [0.05, 0.1) is 6.54 Å². The van der Waals surface area contributed by atoms with Gasteiger partial charge in [0, 0.05) is 31.3 Å². The van der Waals surface area contributed by atoms with Crippen molar-refractivity contribution in [2.75, 3.05) is 13.1 Å². The number of carbonyl (C=O) groups excluding carboxylic acids is 3. The van der Waals surface area contributed by atoms with Crippen molar-refractivity contribution in [1.82, 2.24) is 24.7 Å². The second kappa shape index (κ2) is 10.9. The normalized spacial score (nSPS) is 20.3. The molecule has 2 aliphatic heterocycles. The molecule has 0 unspecified atom stereocenters. The van der Waals surface area contributed by atoms with Gasteiger partial charge < -0.3 is 20.2 Å². The summed E-state index contributed by atoms with van der Waals surface area (Å²) >= 11 is 6.32. The molecule has 2 aromatic carbocycles. The number of fused-ring (bicyclic) bond motifs is 1. The number of rotatable bonds is 7. The molecule has 190 valence electrons. The molecule has 0 aliphatic carbocycles. The predicted octanol–water partition coefficient (Wildman–Crippen LogP) is 2.15. The van der Waals surface area contributed by atoms with Crippen molar-refractivity contribution < 1.29 is 28.7 Å². The summed E-state index contributed by atoms with van der Waals surface area (Å²) in [6.07, 6.45) is -1.43. The van der Waals surface area contributed by atoms with Crippen molar-refractivity contribution in [1.29, 1.82) is 0 Å². The van der Waals surface area contributed by atoms with E-state index in [0.717, 1.165) is 10.1 Å². The lowest BCUT2D eigenvalue weighted by molar-refractivity contribution is -0.181. The van der Waals surface area contributed by atoms with Crippen LogP contribution < -0.4 is 5.32 Å². The van der Waals surface area contributed by atoms with Crippen LogP contribution in [0.3, 0.4) is 0 Å². The molecular weight excluding hydrogens is 493 g/mol. The number of aliphatic carboxylic acids is 1. The zero-order valence-corrected chi connectivity index (χ0v) is 20.0. The third-order valence-corrected chi connectivity index (χ3v) is 6.40. The SMILES string of the molecule is O=C(O)CC[C@H]1C(=O)N(Cc2ccc(F)cc2)C[C@H]2N1C(=O)CN(Cl)N2C(=O)NCc1ccccc1. The molecule has 2 fully saturated rings. The highest BCUT2D eigenvalue weighted by atomic mass is 35.5. The van der Waals surface area contributed by atoms with E-state index >= 15 is 0 Å². The minimum absolute atomic E-state index is 0.0620. The van der Waals surface area contributed by atoms with Crippen molar-refractivity contribution >= 4 is 35.6 Å². The molecule has 2 aromatic rings. The second-order valence-electron chi connectivity index (χ2n) is 8.56. The molecule has 0 saturated carbocycles. The molecule has 10 nitrogen and oxygen atoms in total. The number of halogens is 2. The van der Waals surface area contributed by atoms with Gasteiger partial charge >= 0.3 is 12.0 Å². The topological polar surface area (TPSA) is 114 Å². The zero-order valence-electron chi connectivity index (χ0n) is 19.2. The van der Waals surface area contributed by atoms with E-state index in [0.29, 0.717) is 5.56 Å². The number of hydrogen-bond acceptors (Lipinski definition) is 5. The number of urea groups is 1. The number of carboxylic acids is 1. The molecule has 0 aromatic heterocycles. The molecule has 4 amide bonds. The second-order valence-corrected chi connectivity index (χ2v) is 8.95. The first-order valence-corrected chi connectivity index (χ1v) is 11.7. The average molecular weight is 518 g/mol. The molecule has 0 radical (unpaired) electrons. The van der Waals surface area contributed by atoms with Crippen molar-refractivity contribution in [2.24, 2.45) is 0 Å². The van der Waals surface area contributed by atoms with E-state index < -0.39 is 41.8 Å². The highest BCUT2D eigenvalue weighted by Crippen LogP contribution is 2.30. The number of nitrogens with one attached hydrogen (secondary N) is 1. The average Bonchev–Trinajstić information content (AvgIpc) is 2.85. The predicted molar refractivity (Wildman–Crippen MR) is 126 cm³/mol. The molecule has 36 heavy (non-hydrogen) atoms. The Labute approximate surface area is 211 Å². The fourth-order valence-electron chi connectivity index (χ4n) is 4.43. The summed E-state index contributed by atoms with van der Waals surface area (Å²) in [7, 11) is 0. The summed E-state index contributed by atoms with van der Waals surface area (Å²) in [6, 6.07) is 13.1. The van der Waals surface area contributed by atoms with E-state index in [4.69, 9.17) is 11.8 Å². The zero-order chi connectivity index (χ0) is 25.8. The third-order valence-electron chi connectivity index (χ3n) is 6.12. The molecule has 2 atom stereocenters. The number of hydrogen-bond donors (Lipinski definition) is 2. The van der Waals surface area contributed by atoms with Gasteiger partial charge in [-0.3, -0.25) is 14.4 Å². The Morgan fingerprint density at radius 3 is 2.42 bits per heavy atom. The molecule has 2 heterocycles. The van der Waals surface area contributed by atoms with Crippen LogP contribution in [0.4, 0.5) is 9.18 Å². The number of nitrogens with zero attached hydrogens (tertiary/aromatic N) is 4. The summed E-state index contributed by atoms with van der Waals surface area (Å²) in [6.45, 7) is -0.135. The Morgan fingerprint density at radius 2 is 1.75 bits per heavy atom. The molecule has 2 saturated heterocycles. The highest BCUT2D eigenvalue weighted by molar-refractivity contribution is 6.15. The van der Waals surface area contributed by atoms with Crippen LogP contribution in [0.5, 0.6) is 0 Å².